The molecule has 0 spiro atoms. The number of nitrogens with zero attached hydrogens (tertiary/aromatic N) is 2. The summed E-state index contributed by atoms with van der Waals surface area (Å²) in [5.74, 6) is -0.518. The Hall–Kier alpha value is -2.51. The Morgan fingerprint density at radius 2 is 2.13 bits per heavy atom. The first-order valence-electron chi connectivity index (χ1n) is 6.96. The number of para-hydroxylation sites is 1. The average Bonchev–Trinajstić information content (AvgIpc) is 2.92. The third kappa shape index (κ3) is 3.46. The first-order chi connectivity index (χ1) is 11.0. The molecule has 7 heteroatoms. The van der Waals surface area contributed by atoms with Gasteiger partial charge in [-0.15, -0.1) is 11.3 Å². The predicted octanol–water partition coefficient (Wildman–Crippen LogP) is 2.56. The number of carbonyl (C=O) groups excluding carboxylic acids is 1. The van der Waals surface area contributed by atoms with Gasteiger partial charge in [-0.3, -0.25) is 10.1 Å². The van der Waals surface area contributed by atoms with Crippen LogP contribution in [0.3, 0.4) is 0 Å². The second-order valence-corrected chi connectivity index (χ2v) is 6.18. The Morgan fingerprint density at radius 1 is 1.35 bits per heavy atom. The van der Waals surface area contributed by atoms with Gasteiger partial charge < -0.3 is 9.32 Å². The van der Waals surface area contributed by atoms with Gasteiger partial charge in [0.15, 0.2) is 5.13 Å². The van der Waals surface area contributed by atoms with Crippen LogP contribution in [0.1, 0.15) is 16.1 Å². The second-order valence-electron chi connectivity index (χ2n) is 5.32. The van der Waals surface area contributed by atoms with Gasteiger partial charge in [-0.05, 0) is 26.2 Å². The molecule has 1 aromatic carbocycles. The third-order valence-electron chi connectivity index (χ3n) is 3.14. The number of thiazole rings is 1. The van der Waals surface area contributed by atoms with E-state index < -0.39 is 11.5 Å². The highest BCUT2D eigenvalue weighted by Crippen LogP contribution is 2.18. The number of benzene rings is 1. The van der Waals surface area contributed by atoms with Crippen LogP contribution < -0.4 is 10.9 Å². The quantitative estimate of drug-likeness (QED) is 0.745. The van der Waals surface area contributed by atoms with Crippen LogP contribution in [0.2, 0.25) is 0 Å². The summed E-state index contributed by atoms with van der Waals surface area (Å²) in [4.78, 5) is 30.6. The van der Waals surface area contributed by atoms with E-state index in [9.17, 15) is 9.59 Å². The monoisotopic (exact) mass is 329 g/mol. The van der Waals surface area contributed by atoms with Crippen LogP contribution in [0.25, 0.3) is 11.0 Å². The Labute approximate surface area is 136 Å². The van der Waals surface area contributed by atoms with Gasteiger partial charge in [0.2, 0.25) is 0 Å². The first kappa shape index (κ1) is 15.4. The van der Waals surface area contributed by atoms with Crippen molar-refractivity contribution in [3.63, 3.8) is 0 Å². The number of aromatic nitrogens is 1. The van der Waals surface area contributed by atoms with Crippen molar-refractivity contribution in [3.8, 4) is 0 Å². The molecule has 23 heavy (non-hydrogen) atoms. The van der Waals surface area contributed by atoms with Crippen molar-refractivity contribution in [1.29, 1.82) is 0 Å². The molecule has 118 valence electrons. The number of rotatable bonds is 4. The Morgan fingerprint density at radius 3 is 2.91 bits per heavy atom. The number of anilines is 1. The fourth-order valence-corrected chi connectivity index (χ4v) is 2.84. The smallest absolute Gasteiger partial charge is 0.349 e. The molecule has 1 amide bonds. The lowest BCUT2D eigenvalue weighted by Gasteiger charge is -2.05. The number of hydrogen-bond donors (Lipinski definition) is 1. The van der Waals surface area contributed by atoms with Crippen molar-refractivity contribution in [1.82, 2.24) is 9.88 Å². The molecule has 3 rings (SSSR count). The van der Waals surface area contributed by atoms with Crippen LogP contribution in [-0.2, 0) is 6.54 Å². The number of hydrogen-bond acceptors (Lipinski definition) is 6. The highest BCUT2D eigenvalue weighted by molar-refractivity contribution is 7.13. The number of nitrogens with one attached hydrogen (secondary N) is 1. The standard InChI is InChI=1S/C16H15N3O3S/c1-19(2)8-11-9-23-16(17-11)18-14(20)12-7-10-5-3-4-6-13(10)22-15(12)21/h3-7,9H,8H2,1-2H3,(H,17,18,20). The van der Waals surface area contributed by atoms with E-state index in [-0.39, 0.29) is 5.56 Å². The molecular formula is C16H15N3O3S. The average molecular weight is 329 g/mol. The van der Waals surface area contributed by atoms with Crippen molar-refractivity contribution in [2.75, 3.05) is 19.4 Å². The lowest BCUT2D eigenvalue weighted by Crippen LogP contribution is -2.20. The lowest BCUT2D eigenvalue weighted by atomic mass is 10.2. The van der Waals surface area contributed by atoms with E-state index in [2.05, 4.69) is 10.3 Å². The molecule has 0 bridgehead atoms. The van der Waals surface area contributed by atoms with E-state index >= 15 is 0 Å². The number of fused-ring (bicyclic) bond motifs is 1. The molecule has 0 saturated heterocycles. The SMILES string of the molecule is CN(C)Cc1csc(NC(=O)c2cc3ccccc3oc2=O)n1. The molecule has 3 aromatic rings. The molecule has 0 unspecified atom stereocenters. The number of carbonyl (C=O) groups is 1. The van der Waals surface area contributed by atoms with Crippen molar-refractivity contribution in [2.45, 2.75) is 6.54 Å². The zero-order valence-corrected chi connectivity index (χ0v) is 13.5. The Balaban J connectivity index is 1.84. The van der Waals surface area contributed by atoms with Crippen molar-refractivity contribution in [3.05, 3.63) is 57.4 Å². The maximum absolute atomic E-state index is 12.3. The Kier molecular flexibility index (Phi) is 4.22. The molecule has 0 fully saturated rings. The van der Waals surface area contributed by atoms with E-state index in [1.807, 2.05) is 30.4 Å². The second kappa shape index (κ2) is 6.31. The van der Waals surface area contributed by atoms with Crippen molar-refractivity contribution in [2.24, 2.45) is 0 Å². The molecule has 0 saturated carbocycles. The van der Waals surface area contributed by atoms with Crippen LogP contribution >= 0.6 is 11.3 Å². The molecule has 2 aromatic heterocycles. The molecule has 0 atom stereocenters. The largest absolute Gasteiger partial charge is 0.422 e. The summed E-state index contributed by atoms with van der Waals surface area (Å²) in [6.07, 6.45) is 0. The molecule has 1 N–H and O–H groups in total. The van der Waals surface area contributed by atoms with Gasteiger partial charge in [-0.1, -0.05) is 18.2 Å². The molecule has 6 nitrogen and oxygen atoms in total. The van der Waals surface area contributed by atoms with Crippen LogP contribution in [-0.4, -0.2) is 29.9 Å². The van der Waals surface area contributed by atoms with E-state index in [4.69, 9.17) is 4.42 Å². The van der Waals surface area contributed by atoms with Crippen LogP contribution in [0.15, 0.2) is 44.9 Å². The van der Waals surface area contributed by atoms with E-state index in [1.54, 1.807) is 18.2 Å². The zero-order chi connectivity index (χ0) is 16.4. The summed E-state index contributed by atoms with van der Waals surface area (Å²) in [7, 11) is 3.88. The summed E-state index contributed by atoms with van der Waals surface area (Å²) < 4.78 is 5.17. The van der Waals surface area contributed by atoms with Crippen molar-refractivity contribution < 1.29 is 9.21 Å². The topological polar surface area (TPSA) is 75.4 Å². The van der Waals surface area contributed by atoms with Gasteiger partial charge in [0, 0.05) is 17.3 Å². The summed E-state index contributed by atoms with van der Waals surface area (Å²) in [5.41, 5.74) is 0.622. The maximum Gasteiger partial charge on any atom is 0.349 e. The van der Waals surface area contributed by atoms with E-state index in [1.165, 1.54) is 17.4 Å². The number of amides is 1. The molecular weight excluding hydrogens is 314 g/mol. The van der Waals surface area contributed by atoms with Crippen molar-refractivity contribution >= 4 is 33.3 Å². The van der Waals surface area contributed by atoms with E-state index in [0.29, 0.717) is 22.6 Å². The van der Waals surface area contributed by atoms with Crippen LogP contribution in [0, 0.1) is 0 Å². The zero-order valence-electron chi connectivity index (χ0n) is 12.7. The Bertz CT molecular complexity index is 914. The lowest BCUT2D eigenvalue weighted by molar-refractivity contribution is 0.102. The van der Waals surface area contributed by atoms with Gasteiger partial charge >= 0.3 is 5.63 Å². The van der Waals surface area contributed by atoms with Gasteiger partial charge in [0.1, 0.15) is 11.1 Å². The van der Waals surface area contributed by atoms with E-state index in [0.717, 1.165) is 5.69 Å². The maximum atomic E-state index is 12.3. The first-order valence-corrected chi connectivity index (χ1v) is 7.84. The van der Waals surface area contributed by atoms with Gasteiger partial charge in [0.25, 0.3) is 5.91 Å². The minimum atomic E-state index is -0.661. The molecule has 0 aliphatic carbocycles. The molecule has 2 heterocycles. The summed E-state index contributed by atoms with van der Waals surface area (Å²) in [6, 6.07) is 8.59. The van der Waals surface area contributed by atoms with Crippen LogP contribution in [0.5, 0.6) is 0 Å². The highest BCUT2D eigenvalue weighted by atomic mass is 32.1. The predicted molar refractivity (Wildman–Crippen MR) is 89.9 cm³/mol. The summed E-state index contributed by atoms with van der Waals surface area (Å²) >= 11 is 1.32. The normalized spacial score (nSPS) is 11.1. The molecule has 0 radical (unpaired) electrons. The summed E-state index contributed by atoms with van der Waals surface area (Å²) in [5, 5.41) is 5.68. The third-order valence-corrected chi connectivity index (χ3v) is 3.94. The molecule has 0 aliphatic rings. The highest BCUT2D eigenvalue weighted by Gasteiger charge is 2.15. The molecule has 0 aliphatic heterocycles. The fourth-order valence-electron chi connectivity index (χ4n) is 2.15. The van der Waals surface area contributed by atoms with Gasteiger partial charge in [-0.2, -0.15) is 0 Å². The van der Waals surface area contributed by atoms with Gasteiger partial charge in [0.05, 0.1) is 5.69 Å². The summed E-state index contributed by atoms with van der Waals surface area (Å²) in [6.45, 7) is 0.685. The van der Waals surface area contributed by atoms with Gasteiger partial charge in [-0.25, -0.2) is 9.78 Å². The minimum Gasteiger partial charge on any atom is -0.422 e. The fraction of sp³-hybridized carbons (Fsp3) is 0.188. The minimum absolute atomic E-state index is 0.0342. The van der Waals surface area contributed by atoms with Crippen LogP contribution in [0.4, 0.5) is 5.13 Å².